The van der Waals surface area contributed by atoms with Crippen molar-refractivity contribution in [1.82, 2.24) is 9.97 Å². The fraction of sp³-hybridized carbons (Fsp3) is 0.105. The number of aromatic nitrogens is 2. The van der Waals surface area contributed by atoms with E-state index in [4.69, 9.17) is 11.6 Å². The third-order valence-electron chi connectivity index (χ3n) is 3.79. The zero-order chi connectivity index (χ0) is 17.8. The molecule has 1 heterocycles. The minimum Gasteiger partial charge on any atom is -0.324 e. The van der Waals surface area contributed by atoms with Crippen molar-refractivity contribution in [3.8, 4) is 0 Å². The zero-order valence-electron chi connectivity index (χ0n) is 13.9. The standard InChI is InChI=1S/C19H17ClN4O/c1-13-8-9-15(20)10-17(13)23-19-21-11-14(12-22-19)18(25)24(2)16-6-4-3-5-7-16/h3-12H,1-2H3,(H,21,22,23). The second kappa shape index (κ2) is 7.32. The highest BCUT2D eigenvalue weighted by Crippen LogP contribution is 2.22. The molecule has 0 saturated heterocycles. The first-order valence-corrected chi connectivity index (χ1v) is 8.11. The maximum absolute atomic E-state index is 12.5. The maximum Gasteiger partial charge on any atom is 0.261 e. The van der Waals surface area contributed by atoms with Crippen molar-refractivity contribution in [3.63, 3.8) is 0 Å². The summed E-state index contributed by atoms with van der Waals surface area (Å²) < 4.78 is 0. The molecule has 0 aliphatic heterocycles. The first-order chi connectivity index (χ1) is 12.0. The SMILES string of the molecule is Cc1ccc(Cl)cc1Nc1ncc(C(=O)N(C)c2ccccc2)cn1. The van der Waals surface area contributed by atoms with Crippen LogP contribution in [0.2, 0.25) is 5.02 Å². The molecule has 1 aromatic heterocycles. The van der Waals surface area contributed by atoms with Crippen LogP contribution in [0, 0.1) is 6.92 Å². The third kappa shape index (κ3) is 3.95. The molecule has 0 unspecified atom stereocenters. The molecule has 0 atom stereocenters. The van der Waals surface area contributed by atoms with Crippen molar-refractivity contribution >= 4 is 34.8 Å². The van der Waals surface area contributed by atoms with E-state index in [1.165, 1.54) is 12.4 Å². The number of halogens is 1. The Labute approximate surface area is 151 Å². The van der Waals surface area contributed by atoms with Crippen molar-refractivity contribution < 1.29 is 4.79 Å². The normalized spacial score (nSPS) is 10.4. The molecule has 1 N–H and O–H groups in total. The number of hydrogen-bond donors (Lipinski definition) is 1. The van der Waals surface area contributed by atoms with E-state index in [0.717, 1.165) is 16.9 Å². The summed E-state index contributed by atoms with van der Waals surface area (Å²) >= 11 is 6.01. The lowest BCUT2D eigenvalue weighted by Crippen LogP contribution is -2.26. The van der Waals surface area contributed by atoms with E-state index in [1.54, 1.807) is 11.9 Å². The molecule has 0 fully saturated rings. The summed E-state index contributed by atoms with van der Waals surface area (Å²) in [7, 11) is 1.72. The fourth-order valence-corrected chi connectivity index (χ4v) is 2.49. The molecule has 0 radical (unpaired) electrons. The highest BCUT2D eigenvalue weighted by Gasteiger charge is 2.14. The van der Waals surface area contributed by atoms with E-state index in [9.17, 15) is 4.79 Å². The number of nitrogens with zero attached hydrogens (tertiary/aromatic N) is 3. The quantitative estimate of drug-likeness (QED) is 0.753. The first-order valence-electron chi connectivity index (χ1n) is 7.73. The van der Waals surface area contributed by atoms with Gasteiger partial charge in [-0.05, 0) is 36.8 Å². The molecule has 0 spiro atoms. The molecule has 25 heavy (non-hydrogen) atoms. The molecule has 5 nitrogen and oxygen atoms in total. The van der Waals surface area contributed by atoms with Crippen LogP contribution in [-0.2, 0) is 0 Å². The van der Waals surface area contributed by atoms with Gasteiger partial charge in [0.1, 0.15) is 0 Å². The van der Waals surface area contributed by atoms with Crippen LogP contribution in [0.15, 0.2) is 60.9 Å². The number of aryl methyl sites for hydroxylation is 1. The lowest BCUT2D eigenvalue weighted by molar-refractivity contribution is 0.0992. The number of para-hydroxylation sites is 1. The molecule has 0 aliphatic carbocycles. The minimum atomic E-state index is -0.170. The van der Waals surface area contributed by atoms with Crippen LogP contribution in [0.3, 0.4) is 0 Å². The summed E-state index contributed by atoms with van der Waals surface area (Å²) in [4.78, 5) is 22.5. The van der Waals surface area contributed by atoms with Crippen molar-refractivity contribution in [2.45, 2.75) is 6.92 Å². The van der Waals surface area contributed by atoms with Gasteiger partial charge in [0, 0.05) is 35.8 Å². The molecule has 0 saturated carbocycles. The van der Waals surface area contributed by atoms with E-state index in [2.05, 4.69) is 15.3 Å². The number of anilines is 3. The zero-order valence-corrected chi connectivity index (χ0v) is 14.7. The average Bonchev–Trinajstić information content (AvgIpc) is 2.65. The maximum atomic E-state index is 12.5. The van der Waals surface area contributed by atoms with Gasteiger partial charge in [0.25, 0.3) is 5.91 Å². The second-order valence-corrected chi connectivity index (χ2v) is 6.02. The Morgan fingerprint density at radius 2 is 1.76 bits per heavy atom. The summed E-state index contributed by atoms with van der Waals surface area (Å²) in [6, 6.07) is 15.0. The number of amides is 1. The predicted octanol–water partition coefficient (Wildman–Crippen LogP) is 4.46. The van der Waals surface area contributed by atoms with Crippen LogP contribution >= 0.6 is 11.6 Å². The van der Waals surface area contributed by atoms with Crippen LogP contribution in [0.5, 0.6) is 0 Å². The Kier molecular flexibility index (Phi) is 4.95. The van der Waals surface area contributed by atoms with Gasteiger partial charge in [0.15, 0.2) is 0 Å². The molecule has 2 aromatic carbocycles. The topological polar surface area (TPSA) is 58.1 Å². The van der Waals surface area contributed by atoms with E-state index < -0.39 is 0 Å². The van der Waals surface area contributed by atoms with Gasteiger partial charge in [-0.1, -0.05) is 35.9 Å². The van der Waals surface area contributed by atoms with Gasteiger partial charge in [-0.2, -0.15) is 0 Å². The number of hydrogen-bond acceptors (Lipinski definition) is 4. The number of rotatable bonds is 4. The molecule has 126 valence electrons. The Morgan fingerprint density at radius 3 is 2.44 bits per heavy atom. The van der Waals surface area contributed by atoms with Gasteiger partial charge < -0.3 is 10.2 Å². The molecule has 0 bridgehead atoms. The highest BCUT2D eigenvalue weighted by atomic mass is 35.5. The van der Waals surface area contributed by atoms with Gasteiger partial charge in [0.05, 0.1) is 5.56 Å². The molecule has 3 rings (SSSR count). The van der Waals surface area contributed by atoms with Crippen LogP contribution in [-0.4, -0.2) is 22.9 Å². The second-order valence-electron chi connectivity index (χ2n) is 5.58. The van der Waals surface area contributed by atoms with E-state index in [0.29, 0.717) is 16.5 Å². The fourth-order valence-electron chi connectivity index (χ4n) is 2.31. The molecular formula is C19H17ClN4O. The van der Waals surface area contributed by atoms with Gasteiger partial charge in [-0.25, -0.2) is 9.97 Å². The minimum absolute atomic E-state index is 0.170. The van der Waals surface area contributed by atoms with Crippen LogP contribution in [0.4, 0.5) is 17.3 Å². The Bertz CT molecular complexity index is 882. The average molecular weight is 353 g/mol. The van der Waals surface area contributed by atoms with Crippen LogP contribution in [0.1, 0.15) is 15.9 Å². The summed E-state index contributed by atoms with van der Waals surface area (Å²) in [5.74, 6) is 0.237. The van der Waals surface area contributed by atoms with Gasteiger partial charge in [-0.15, -0.1) is 0 Å². The number of benzene rings is 2. The Hall–Kier alpha value is -2.92. The third-order valence-corrected chi connectivity index (χ3v) is 4.03. The van der Waals surface area contributed by atoms with Gasteiger partial charge >= 0.3 is 0 Å². The summed E-state index contributed by atoms with van der Waals surface area (Å²) in [5.41, 5.74) is 3.08. The van der Waals surface area contributed by atoms with Gasteiger partial charge in [0.2, 0.25) is 5.95 Å². The Balaban J connectivity index is 1.76. The summed E-state index contributed by atoms with van der Waals surface area (Å²) in [6.45, 7) is 1.96. The van der Waals surface area contributed by atoms with E-state index in [-0.39, 0.29) is 5.91 Å². The smallest absolute Gasteiger partial charge is 0.261 e. The van der Waals surface area contributed by atoms with Crippen molar-refractivity contribution in [2.75, 3.05) is 17.3 Å². The van der Waals surface area contributed by atoms with Gasteiger partial charge in [-0.3, -0.25) is 4.79 Å². The molecule has 0 aliphatic rings. The molecular weight excluding hydrogens is 336 g/mol. The predicted molar refractivity (Wildman–Crippen MR) is 101 cm³/mol. The van der Waals surface area contributed by atoms with E-state index in [1.807, 2.05) is 55.5 Å². The van der Waals surface area contributed by atoms with Crippen LogP contribution in [0.25, 0.3) is 0 Å². The first kappa shape index (κ1) is 16.9. The summed E-state index contributed by atoms with van der Waals surface area (Å²) in [5, 5.41) is 3.74. The number of carbonyl (C=O) groups is 1. The monoisotopic (exact) mass is 352 g/mol. The number of nitrogens with one attached hydrogen (secondary N) is 1. The summed E-state index contributed by atoms with van der Waals surface area (Å²) in [6.07, 6.45) is 3.02. The van der Waals surface area contributed by atoms with Crippen molar-refractivity contribution in [1.29, 1.82) is 0 Å². The van der Waals surface area contributed by atoms with Crippen molar-refractivity contribution in [2.24, 2.45) is 0 Å². The van der Waals surface area contributed by atoms with Crippen LogP contribution < -0.4 is 10.2 Å². The molecule has 6 heteroatoms. The largest absolute Gasteiger partial charge is 0.324 e. The molecule has 3 aromatic rings. The lowest BCUT2D eigenvalue weighted by Gasteiger charge is -2.17. The molecule has 1 amide bonds. The number of carbonyl (C=O) groups excluding carboxylic acids is 1. The lowest BCUT2D eigenvalue weighted by atomic mass is 10.2. The highest BCUT2D eigenvalue weighted by molar-refractivity contribution is 6.30. The Morgan fingerprint density at radius 1 is 1.08 bits per heavy atom. The van der Waals surface area contributed by atoms with Crippen molar-refractivity contribution in [3.05, 3.63) is 77.1 Å². The van der Waals surface area contributed by atoms with E-state index >= 15 is 0 Å².